The molecule has 0 unspecified atom stereocenters. The Morgan fingerprint density at radius 2 is 1.58 bits per heavy atom. The van der Waals surface area contributed by atoms with Gasteiger partial charge in [-0.25, -0.2) is 0 Å². The SMILES string of the molecule is COc1ccc(N=Cc2ccc(OCc3ccccc3)c(OC)c2)cc1. The molecule has 0 fully saturated rings. The lowest BCUT2D eigenvalue weighted by Gasteiger charge is -2.11. The number of methoxy groups -OCH3 is 2. The van der Waals surface area contributed by atoms with Crippen molar-refractivity contribution in [2.75, 3.05) is 14.2 Å². The minimum atomic E-state index is 0.497. The molecule has 0 amide bonds. The Bertz CT molecular complexity index is 858. The summed E-state index contributed by atoms with van der Waals surface area (Å²) in [5.74, 6) is 2.20. The average molecular weight is 347 g/mol. The second-order valence-electron chi connectivity index (χ2n) is 5.64. The van der Waals surface area contributed by atoms with Crippen LogP contribution >= 0.6 is 0 Å². The van der Waals surface area contributed by atoms with Gasteiger partial charge in [-0.2, -0.15) is 0 Å². The first-order valence-corrected chi connectivity index (χ1v) is 8.31. The Balaban J connectivity index is 1.70. The number of hydrogen-bond donors (Lipinski definition) is 0. The lowest BCUT2D eigenvalue weighted by Crippen LogP contribution is -1.98. The van der Waals surface area contributed by atoms with Gasteiger partial charge in [0.2, 0.25) is 0 Å². The summed E-state index contributed by atoms with van der Waals surface area (Å²) >= 11 is 0. The van der Waals surface area contributed by atoms with Gasteiger partial charge in [0.15, 0.2) is 11.5 Å². The fourth-order valence-electron chi connectivity index (χ4n) is 2.44. The molecule has 0 aliphatic rings. The van der Waals surface area contributed by atoms with Gasteiger partial charge in [0.05, 0.1) is 19.9 Å². The van der Waals surface area contributed by atoms with E-state index in [4.69, 9.17) is 14.2 Å². The molecule has 0 saturated carbocycles. The first-order chi connectivity index (χ1) is 12.8. The van der Waals surface area contributed by atoms with Crippen LogP contribution < -0.4 is 14.2 Å². The molecule has 0 aliphatic carbocycles. The van der Waals surface area contributed by atoms with E-state index < -0.39 is 0 Å². The summed E-state index contributed by atoms with van der Waals surface area (Å²) in [5.41, 5.74) is 2.90. The quantitative estimate of drug-likeness (QED) is 0.563. The molecule has 3 aromatic rings. The minimum Gasteiger partial charge on any atom is -0.497 e. The molecule has 132 valence electrons. The van der Waals surface area contributed by atoms with Gasteiger partial charge < -0.3 is 14.2 Å². The maximum Gasteiger partial charge on any atom is 0.161 e. The number of ether oxygens (including phenoxy) is 3. The molecule has 0 N–H and O–H groups in total. The molecule has 4 heteroatoms. The summed E-state index contributed by atoms with van der Waals surface area (Å²) in [7, 11) is 3.28. The Kier molecular flexibility index (Phi) is 5.88. The van der Waals surface area contributed by atoms with E-state index >= 15 is 0 Å². The molecule has 0 aromatic heterocycles. The summed E-state index contributed by atoms with van der Waals surface area (Å²) in [6.45, 7) is 0.497. The van der Waals surface area contributed by atoms with E-state index in [-0.39, 0.29) is 0 Å². The molecule has 0 atom stereocenters. The van der Waals surface area contributed by atoms with E-state index in [0.717, 1.165) is 22.6 Å². The molecule has 3 aromatic carbocycles. The van der Waals surface area contributed by atoms with Gasteiger partial charge in [-0.1, -0.05) is 30.3 Å². The van der Waals surface area contributed by atoms with Gasteiger partial charge in [0, 0.05) is 6.21 Å². The van der Waals surface area contributed by atoms with Gasteiger partial charge in [-0.15, -0.1) is 0 Å². The second kappa shape index (κ2) is 8.72. The monoisotopic (exact) mass is 347 g/mol. The van der Waals surface area contributed by atoms with Crippen LogP contribution in [0.5, 0.6) is 17.2 Å². The Morgan fingerprint density at radius 1 is 0.808 bits per heavy atom. The van der Waals surface area contributed by atoms with E-state index in [1.807, 2.05) is 72.8 Å². The number of hydrogen-bond acceptors (Lipinski definition) is 4. The molecular weight excluding hydrogens is 326 g/mol. The van der Waals surface area contributed by atoms with E-state index in [2.05, 4.69) is 4.99 Å². The minimum absolute atomic E-state index is 0.497. The van der Waals surface area contributed by atoms with Crippen LogP contribution in [-0.2, 0) is 6.61 Å². The van der Waals surface area contributed by atoms with Crippen LogP contribution in [0.1, 0.15) is 11.1 Å². The van der Waals surface area contributed by atoms with E-state index in [1.165, 1.54) is 0 Å². The van der Waals surface area contributed by atoms with Gasteiger partial charge in [0.1, 0.15) is 12.4 Å². The van der Waals surface area contributed by atoms with Crippen LogP contribution in [0.25, 0.3) is 0 Å². The maximum atomic E-state index is 5.87. The van der Waals surface area contributed by atoms with Crippen LogP contribution in [0.4, 0.5) is 5.69 Å². The van der Waals surface area contributed by atoms with Crippen molar-refractivity contribution in [3.05, 3.63) is 83.9 Å². The van der Waals surface area contributed by atoms with Crippen LogP contribution in [-0.4, -0.2) is 20.4 Å². The van der Waals surface area contributed by atoms with Crippen LogP contribution in [0.3, 0.4) is 0 Å². The third-order valence-electron chi connectivity index (χ3n) is 3.86. The first-order valence-electron chi connectivity index (χ1n) is 8.31. The number of benzene rings is 3. The van der Waals surface area contributed by atoms with Gasteiger partial charge in [-0.05, 0) is 53.6 Å². The third kappa shape index (κ3) is 4.63. The Hall–Kier alpha value is -3.27. The predicted molar refractivity (Wildman–Crippen MR) is 104 cm³/mol. The summed E-state index contributed by atoms with van der Waals surface area (Å²) in [6.07, 6.45) is 1.80. The summed E-state index contributed by atoms with van der Waals surface area (Å²) in [6, 6.07) is 23.4. The number of nitrogens with zero attached hydrogens (tertiary/aromatic N) is 1. The number of rotatable bonds is 7. The highest BCUT2D eigenvalue weighted by molar-refractivity contribution is 5.83. The average Bonchev–Trinajstić information content (AvgIpc) is 2.72. The largest absolute Gasteiger partial charge is 0.497 e. The van der Waals surface area contributed by atoms with Crippen molar-refractivity contribution < 1.29 is 14.2 Å². The molecular formula is C22H21NO3. The number of aliphatic imine (C=N–C) groups is 1. The molecule has 4 nitrogen and oxygen atoms in total. The van der Waals surface area contributed by atoms with Crippen molar-refractivity contribution in [2.24, 2.45) is 4.99 Å². The van der Waals surface area contributed by atoms with Crippen molar-refractivity contribution in [3.8, 4) is 17.2 Å². The molecule has 0 radical (unpaired) electrons. The van der Waals surface area contributed by atoms with Gasteiger partial charge in [-0.3, -0.25) is 4.99 Å². The van der Waals surface area contributed by atoms with Crippen molar-refractivity contribution >= 4 is 11.9 Å². The molecule has 0 aliphatic heterocycles. The van der Waals surface area contributed by atoms with Crippen molar-refractivity contribution in [1.82, 2.24) is 0 Å². The van der Waals surface area contributed by atoms with E-state index in [1.54, 1.807) is 20.4 Å². The maximum absolute atomic E-state index is 5.87. The summed E-state index contributed by atoms with van der Waals surface area (Å²) in [4.78, 5) is 4.47. The van der Waals surface area contributed by atoms with Crippen LogP contribution in [0, 0.1) is 0 Å². The Labute approximate surface area is 153 Å². The lowest BCUT2D eigenvalue weighted by molar-refractivity contribution is 0.284. The van der Waals surface area contributed by atoms with E-state index in [0.29, 0.717) is 18.1 Å². The highest BCUT2D eigenvalue weighted by Crippen LogP contribution is 2.28. The van der Waals surface area contributed by atoms with Gasteiger partial charge in [0.25, 0.3) is 0 Å². The zero-order valence-electron chi connectivity index (χ0n) is 14.9. The van der Waals surface area contributed by atoms with Gasteiger partial charge >= 0.3 is 0 Å². The zero-order chi connectivity index (χ0) is 18.2. The van der Waals surface area contributed by atoms with E-state index in [9.17, 15) is 0 Å². The zero-order valence-corrected chi connectivity index (χ0v) is 14.9. The van der Waals surface area contributed by atoms with Crippen molar-refractivity contribution in [1.29, 1.82) is 0 Å². The van der Waals surface area contributed by atoms with Crippen molar-refractivity contribution in [3.63, 3.8) is 0 Å². The fourth-order valence-corrected chi connectivity index (χ4v) is 2.44. The predicted octanol–water partition coefficient (Wildman–Crippen LogP) is 5.03. The highest BCUT2D eigenvalue weighted by atomic mass is 16.5. The molecule has 3 rings (SSSR count). The first kappa shape index (κ1) is 17.5. The smallest absolute Gasteiger partial charge is 0.161 e. The van der Waals surface area contributed by atoms with Crippen LogP contribution in [0.2, 0.25) is 0 Å². The third-order valence-corrected chi connectivity index (χ3v) is 3.86. The summed E-state index contributed by atoms with van der Waals surface area (Å²) in [5, 5.41) is 0. The highest BCUT2D eigenvalue weighted by Gasteiger charge is 2.05. The molecule has 0 bridgehead atoms. The van der Waals surface area contributed by atoms with Crippen LogP contribution in [0.15, 0.2) is 77.8 Å². The molecule has 0 saturated heterocycles. The molecule has 0 spiro atoms. The van der Waals surface area contributed by atoms with Crippen molar-refractivity contribution in [2.45, 2.75) is 6.61 Å². The second-order valence-corrected chi connectivity index (χ2v) is 5.64. The normalized spacial score (nSPS) is 10.7. The fraction of sp³-hybridized carbons (Fsp3) is 0.136. The summed E-state index contributed by atoms with van der Waals surface area (Å²) < 4.78 is 16.5. The molecule has 26 heavy (non-hydrogen) atoms. The molecule has 0 heterocycles. The lowest BCUT2D eigenvalue weighted by atomic mass is 10.2. The standard InChI is InChI=1S/C22H21NO3/c1-24-20-11-9-19(10-12-20)23-15-18-8-13-21(22(14-18)25-2)26-16-17-6-4-3-5-7-17/h3-15H,16H2,1-2H3. The Morgan fingerprint density at radius 3 is 2.27 bits per heavy atom. The topological polar surface area (TPSA) is 40.0 Å².